The van der Waals surface area contributed by atoms with Gasteiger partial charge in [-0.1, -0.05) is 12.2 Å². The molecule has 0 aromatic heterocycles. The summed E-state index contributed by atoms with van der Waals surface area (Å²) < 4.78 is 16.2. The van der Waals surface area contributed by atoms with E-state index in [9.17, 15) is 9.59 Å². The Morgan fingerprint density at radius 2 is 2.10 bits per heavy atom. The molecule has 1 aliphatic heterocycles. The van der Waals surface area contributed by atoms with Crippen LogP contribution in [0.25, 0.3) is 0 Å². The molecule has 4 atom stereocenters. The molecule has 0 radical (unpaired) electrons. The van der Waals surface area contributed by atoms with Crippen LogP contribution in [0.15, 0.2) is 12.2 Å². The van der Waals surface area contributed by atoms with Crippen LogP contribution < -0.4 is 0 Å². The van der Waals surface area contributed by atoms with Crippen molar-refractivity contribution in [3.05, 3.63) is 12.2 Å². The molecular formula is C16H24O5. The topological polar surface area (TPSA) is 61.8 Å². The molecule has 0 spiro atoms. The highest BCUT2D eigenvalue weighted by molar-refractivity contribution is 5.82. The maximum absolute atomic E-state index is 12.3. The summed E-state index contributed by atoms with van der Waals surface area (Å²) in [4.78, 5) is 24.1. The Labute approximate surface area is 125 Å². The monoisotopic (exact) mass is 296 g/mol. The molecule has 118 valence electrons. The summed E-state index contributed by atoms with van der Waals surface area (Å²) in [6.45, 7) is 11.3. The lowest BCUT2D eigenvalue weighted by molar-refractivity contribution is -0.162. The van der Waals surface area contributed by atoms with E-state index in [2.05, 4.69) is 6.58 Å². The van der Waals surface area contributed by atoms with Crippen molar-refractivity contribution < 1.29 is 23.8 Å². The standard InChI is InChI=1S/C16H24O5/c1-9-7-11(19-6)16(5)12(9)10(21-14(16)18)8-20-13(17)15(2,3)4/h10-12H,1,7-8H2,2-6H3/t10-,11-,12-,16-/m1/s1. The van der Waals surface area contributed by atoms with Crippen LogP contribution in [-0.4, -0.2) is 37.9 Å². The first-order chi connectivity index (χ1) is 9.62. The largest absolute Gasteiger partial charge is 0.461 e. The normalized spacial score (nSPS) is 35.6. The van der Waals surface area contributed by atoms with Gasteiger partial charge in [0.05, 0.1) is 11.5 Å². The molecule has 0 unspecified atom stereocenters. The minimum absolute atomic E-state index is 0.0670. The van der Waals surface area contributed by atoms with E-state index in [1.54, 1.807) is 27.9 Å². The zero-order chi connectivity index (χ0) is 16.0. The molecule has 2 aliphatic rings. The minimum Gasteiger partial charge on any atom is -0.461 e. The van der Waals surface area contributed by atoms with Gasteiger partial charge < -0.3 is 14.2 Å². The maximum atomic E-state index is 12.3. The van der Waals surface area contributed by atoms with Crippen LogP contribution in [0.1, 0.15) is 34.1 Å². The average Bonchev–Trinajstić information content (AvgIpc) is 2.79. The van der Waals surface area contributed by atoms with Gasteiger partial charge in [0.2, 0.25) is 0 Å². The van der Waals surface area contributed by atoms with E-state index in [4.69, 9.17) is 14.2 Å². The van der Waals surface area contributed by atoms with Gasteiger partial charge >= 0.3 is 11.9 Å². The van der Waals surface area contributed by atoms with Gasteiger partial charge in [-0.3, -0.25) is 9.59 Å². The smallest absolute Gasteiger partial charge is 0.315 e. The quantitative estimate of drug-likeness (QED) is 0.589. The van der Waals surface area contributed by atoms with Gasteiger partial charge in [0, 0.05) is 13.0 Å². The molecule has 0 aromatic carbocycles. The third kappa shape index (κ3) is 2.48. The molecule has 5 heteroatoms. The van der Waals surface area contributed by atoms with Crippen LogP contribution in [0.2, 0.25) is 0 Å². The Bertz CT molecular complexity index is 476. The Hall–Kier alpha value is -1.36. The van der Waals surface area contributed by atoms with Crippen LogP contribution in [0.4, 0.5) is 0 Å². The molecule has 1 heterocycles. The minimum atomic E-state index is -0.732. The van der Waals surface area contributed by atoms with E-state index in [1.807, 2.05) is 6.92 Å². The second-order valence-corrected chi connectivity index (χ2v) is 7.14. The summed E-state index contributed by atoms with van der Waals surface area (Å²) in [5.41, 5.74) is -0.384. The SMILES string of the molecule is C=C1C[C@@H](OC)[C@@]2(C)C(=O)O[C@H](COC(=O)C(C)(C)C)[C@@H]12. The molecule has 1 saturated heterocycles. The second kappa shape index (κ2) is 5.13. The van der Waals surface area contributed by atoms with Crippen molar-refractivity contribution >= 4 is 11.9 Å². The number of esters is 2. The third-order valence-corrected chi connectivity index (χ3v) is 4.55. The van der Waals surface area contributed by atoms with Gasteiger partial charge in [-0.25, -0.2) is 0 Å². The summed E-state index contributed by atoms with van der Waals surface area (Å²) in [5, 5.41) is 0. The van der Waals surface area contributed by atoms with Crippen LogP contribution in [0.3, 0.4) is 0 Å². The lowest BCUT2D eigenvalue weighted by atomic mass is 9.77. The average molecular weight is 296 g/mol. The molecule has 5 nitrogen and oxygen atoms in total. The first-order valence-electron chi connectivity index (χ1n) is 7.21. The molecule has 2 fully saturated rings. The Morgan fingerprint density at radius 3 is 2.62 bits per heavy atom. The predicted octanol–water partition coefficient (Wildman–Crippen LogP) is 2.10. The van der Waals surface area contributed by atoms with Crippen LogP contribution >= 0.6 is 0 Å². The van der Waals surface area contributed by atoms with E-state index in [1.165, 1.54) is 0 Å². The zero-order valence-electron chi connectivity index (χ0n) is 13.4. The maximum Gasteiger partial charge on any atom is 0.315 e. The van der Waals surface area contributed by atoms with Gasteiger partial charge in [0.25, 0.3) is 0 Å². The number of carbonyl (C=O) groups is 2. The first-order valence-corrected chi connectivity index (χ1v) is 7.21. The fourth-order valence-electron chi connectivity index (χ4n) is 3.27. The summed E-state index contributed by atoms with van der Waals surface area (Å²) in [7, 11) is 1.59. The Morgan fingerprint density at radius 1 is 1.48 bits per heavy atom. The van der Waals surface area contributed by atoms with Crippen LogP contribution in [-0.2, 0) is 23.8 Å². The second-order valence-electron chi connectivity index (χ2n) is 7.14. The Balaban J connectivity index is 2.12. The lowest BCUT2D eigenvalue weighted by Crippen LogP contribution is -2.38. The molecular weight excluding hydrogens is 272 g/mol. The number of methoxy groups -OCH3 is 1. The number of fused-ring (bicyclic) bond motifs is 1. The van der Waals surface area contributed by atoms with Gasteiger partial charge in [-0.2, -0.15) is 0 Å². The number of hydrogen-bond donors (Lipinski definition) is 0. The third-order valence-electron chi connectivity index (χ3n) is 4.55. The highest BCUT2D eigenvalue weighted by atomic mass is 16.6. The number of ether oxygens (including phenoxy) is 3. The van der Waals surface area contributed by atoms with E-state index in [-0.39, 0.29) is 30.6 Å². The van der Waals surface area contributed by atoms with Crippen LogP contribution in [0.5, 0.6) is 0 Å². The van der Waals surface area contributed by atoms with E-state index < -0.39 is 16.9 Å². The van der Waals surface area contributed by atoms with Crippen molar-refractivity contribution in [1.29, 1.82) is 0 Å². The number of cyclic esters (lactones) is 1. The summed E-state index contributed by atoms with van der Waals surface area (Å²) in [6.07, 6.45) is -0.0662. The molecule has 0 aromatic rings. The molecule has 0 amide bonds. The van der Waals surface area contributed by atoms with Crippen molar-refractivity contribution in [2.45, 2.75) is 46.3 Å². The molecule has 1 aliphatic carbocycles. The number of rotatable bonds is 3. The lowest BCUT2D eigenvalue weighted by Gasteiger charge is -2.26. The van der Waals surface area contributed by atoms with Gasteiger partial charge in [0.1, 0.15) is 18.1 Å². The van der Waals surface area contributed by atoms with Crippen molar-refractivity contribution in [3.63, 3.8) is 0 Å². The Kier molecular flexibility index (Phi) is 3.91. The molecule has 0 bridgehead atoms. The fraction of sp³-hybridized carbons (Fsp3) is 0.750. The number of carbonyl (C=O) groups excluding carboxylic acids is 2. The molecule has 1 saturated carbocycles. The van der Waals surface area contributed by atoms with Crippen molar-refractivity contribution in [2.75, 3.05) is 13.7 Å². The molecule has 2 rings (SSSR count). The highest BCUT2D eigenvalue weighted by Gasteiger charge is 2.63. The van der Waals surface area contributed by atoms with Crippen molar-refractivity contribution in [3.8, 4) is 0 Å². The summed E-state index contributed by atoms with van der Waals surface area (Å²) in [5.74, 6) is -0.767. The fourth-order valence-corrected chi connectivity index (χ4v) is 3.27. The van der Waals surface area contributed by atoms with Crippen molar-refractivity contribution in [1.82, 2.24) is 0 Å². The molecule has 21 heavy (non-hydrogen) atoms. The van der Waals surface area contributed by atoms with Crippen molar-refractivity contribution in [2.24, 2.45) is 16.7 Å². The molecule has 0 N–H and O–H groups in total. The van der Waals surface area contributed by atoms with Gasteiger partial charge in [-0.15, -0.1) is 0 Å². The first kappa shape index (κ1) is 16.0. The van der Waals surface area contributed by atoms with Gasteiger partial charge in [-0.05, 0) is 34.1 Å². The van der Waals surface area contributed by atoms with Gasteiger partial charge in [0.15, 0.2) is 0 Å². The highest BCUT2D eigenvalue weighted by Crippen LogP contribution is 2.54. The summed E-state index contributed by atoms with van der Waals surface area (Å²) >= 11 is 0. The van der Waals surface area contributed by atoms with E-state index in [0.717, 1.165) is 5.57 Å². The van der Waals surface area contributed by atoms with E-state index in [0.29, 0.717) is 6.42 Å². The predicted molar refractivity (Wildman–Crippen MR) is 76.4 cm³/mol. The van der Waals surface area contributed by atoms with Crippen LogP contribution in [0, 0.1) is 16.7 Å². The summed E-state index contributed by atoms with van der Waals surface area (Å²) in [6, 6.07) is 0. The number of hydrogen-bond acceptors (Lipinski definition) is 5. The van der Waals surface area contributed by atoms with E-state index >= 15 is 0 Å². The zero-order valence-corrected chi connectivity index (χ0v) is 13.4.